The van der Waals surface area contributed by atoms with E-state index in [-0.39, 0.29) is 31.2 Å². The van der Waals surface area contributed by atoms with E-state index in [9.17, 15) is 21.2 Å². The molecule has 10 heteroatoms. The summed E-state index contributed by atoms with van der Waals surface area (Å²) in [7, 11) is -7.44. The number of hydrogen-bond donors (Lipinski definition) is 0. The third kappa shape index (κ3) is 3.77. The summed E-state index contributed by atoms with van der Waals surface area (Å²) in [6.45, 7) is 0.380. The molecule has 1 aromatic carbocycles. The third-order valence-corrected chi connectivity index (χ3v) is 6.85. The fraction of sp³-hybridized carbons (Fsp3) is 0.500. The molecule has 0 saturated carbocycles. The van der Waals surface area contributed by atoms with Gasteiger partial charge in [0.1, 0.15) is 10.7 Å². The van der Waals surface area contributed by atoms with Crippen molar-refractivity contribution in [2.45, 2.75) is 11.3 Å². The van der Waals surface area contributed by atoms with Crippen molar-refractivity contribution in [3.05, 3.63) is 29.0 Å². The molecule has 124 valence electrons. The number of sulfonamides is 2. The largest absolute Gasteiger partial charge is 0.246 e. The van der Waals surface area contributed by atoms with Crippen molar-refractivity contribution in [1.29, 1.82) is 0 Å². The smallest absolute Gasteiger partial charge is 0.213 e. The quantitative estimate of drug-likeness (QED) is 0.799. The van der Waals surface area contributed by atoms with Crippen molar-refractivity contribution in [2.24, 2.45) is 0 Å². The lowest BCUT2D eigenvalue weighted by Gasteiger charge is -2.21. The molecule has 1 aliphatic heterocycles. The summed E-state index contributed by atoms with van der Waals surface area (Å²) in [5, 5.41) is 0.118. The summed E-state index contributed by atoms with van der Waals surface area (Å²) in [6, 6.07) is 3.32. The molecule has 0 spiro atoms. The van der Waals surface area contributed by atoms with Crippen LogP contribution in [0.15, 0.2) is 23.1 Å². The fourth-order valence-corrected chi connectivity index (χ4v) is 4.93. The first kappa shape index (κ1) is 17.6. The average molecular weight is 371 g/mol. The van der Waals surface area contributed by atoms with Crippen molar-refractivity contribution in [2.75, 3.05) is 32.4 Å². The molecular weight excluding hydrogens is 355 g/mol. The van der Waals surface area contributed by atoms with E-state index in [1.807, 2.05) is 0 Å². The zero-order valence-electron chi connectivity index (χ0n) is 11.9. The van der Waals surface area contributed by atoms with Crippen molar-refractivity contribution in [1.82, 2.24) is 8.61 Å². The first-order valence-electron chi connectivity index (χ1n) is 6.53. The highest BCUT2D eigenvalue weighted by molar-refractivity contribution is 7.89. The number of rotatable bonds is 3. The molecule has 0 aliphatic carbocycles. The Morgan fingerprint density at radius 1 is 1.05 bits per heavy atom. The van der Waals surface area contributed by atoms with E-state index in [4.69, 9.17) is 11.6 Å². The Bertz CT molecular complexity index is 767. The van der Waals surface area contributed by atoms with Crippen LogP contribution in [0, 0.1) is 5.82 Å². The summed E-state index contributed by atoms with van der Waals surface area (Å²) >= 11 is 5.74. The Morgan fingerprint density at radius 3 is 2.27 bits per heavy atom. The van der Waals surface area contributed by atoms with Crippen LogP contribution in [-0.4, -0.2) is 57.9 Å². The summed E-state index contributed by atoms with van der Waals surface area (Å²) < 4.78 is 64.3. The highest BCUT2D eigenvalue weighted by atomic mass is 35.5. The SMILES string of the molecule is CS(=O)(=O)N1CCCN(S(=O)(=O)c2cc(Cl)ccc2F)CC1. The predicted molar refractivity (Wildman–Crippen MR) is 81.2 cm³/mol. The summed E-state index contributed by atoms with van der Waals surface area (Å²) in [6.07, 6.45) is 1.42. The highest BCUT2D eigenvalue weighted by Gasteiger charge is 2.31. The van der Waals surface area contributed by atoms with Gasteiger partial charge >= 0.3 is 0 Å². The number of hydrogen-bond acceptors (Lipinski definition) is 4. The number of halogens is 2. The second-order valence-corrected chi connectivity index (χ2v) is 9.32. The van der Waals surface area contributed by atoms with Crippen molar-refractivity contribution in [3.63, 3.8) is 0 Å². The van der Waals surface area contributed by atoms with Crippen molar-refractivity contribution < 1.29 is 21.2 Å². The Hall–Kier alpha value is -0.740. The number of nitrogens with zero attached hydrogens (tertiary/aromatic N) is 2. The van der Waals surface area contributed by atoms with Gasteiger partial charge in [-0.05, 0) is 24.6 Å². The van der Waals surface area contributed by atoms with Gasteiger partial charge in [0.15, 0.2) is 0 Å². The lowest BCUT2D eigenvalue weighted by Crippen LogP contribution is -2.37. The van der Waals surface area contributed by atoms with E-state index in [0.717, 1.165) is 22.7 Å². The Kier molecular flexibility index (Phi) is 5.13. The van der Waals surface area contributed by atoms with E-state index in [0.29, 0.717) is 6.42 Å². The van der Waals surface area contributed by atoms with Crippen LogP contribution < -0.4 is 0 Å². The molecule has 1 aliphatic rings. The van der Waals surface area contributed by atoms with Gasteiger partial charge in [0.25, 0.3) is 0 Å². The van der Waals surface area contributed by atoms with Crippen LogP contribution in [0.2, 0.25) is 5.02 Å². The minimum atomic E-state index is -4.06. The maximum atomic E-state index is 13.8. The van der Waals surface area contributed by atoms with Crippen LogP contribution in [0.25, 0.3) is 0 Å². The number of benzene rings is 1. The van der Waals surface area contributed by atoms with E-state index in [2.05, 4.69) is 0 Å². The molecule has 0 aromatic heterocycles. The van der Waals surface area contributed by atoms with Gasteiger partial charge in [-0.25, -0.2) is 25.5 Å². The minimum Gasteiger partial charge on any atom is -0.213 e. The van der Waals surface area contributed by atoms with Crippen LogP contribution in [-0.2, 0) is 20.0 Å². The molecule has 2 rings (SSSR count). The van der Waals surface area contributed by atoms with Gasteiger partial charge in [0.05, 0.1) is 6.26 Å². The van der Waals surface area contributed by atoms with E-state index < -0.39 is 30.8 Å². The zero-order chi connectivity index (χ0) is 16.5. The Labute approximate surface area is 134 Å². The first-order chi connectivity index (χ1) is 10.1. The van der Waals surface area contributed by atoms with Crippen molar-refractivity contribution >= 4 is 31.6 Å². The molecule has 0 atom stereocenters. The monoisotopic (exact) mass is 370 g/mol. The molecule has 1 aromatic rings. The molecule has 0 amide bonds. The summed E-state index contributed by atoms with van der Waals surface area (Å²) in [5.74, 6) is -0.881. The van der Waals surface area contributed by atoms with E-state index in [1.165, 1.54) is 10.4 Å². The van der Waals surface area contributed by atoms with Crippen LogP contribution in [0.5, 0.6) is 0 Å². The van der Waals surface area contributed by atoms with E-state index >= 15 is 0 Å². The maximum absolute atomic E-state index is 13.8. The fourth-order valence-electron chi connectivity index (χ4n) is 2.26. The first-order valence-corrected chi connectivity index (χ1v) is 10.2. The van der Waals surface area contributed by atoms with Crippen LogP contribution in [0.3, 0.4) is 0 Å². The van der Waals surface area contributed by atoms with Gasteiger partial charge in [-0.15, -0.1) is 0 Å². The predicted octanol–water partition coefficient (Wildman–Crippen LogP) is 1.14. The zero-order valence-corrected chi connectivity index (χ0v) is 14.3. The second kappa shape index (κ2) is 6.40. The van der Waals surface area contributed by atoms with Gasteiger partial charge < -0.3 is 0 Å². The van der Waals surface area contributed by atoms with Crippen LogP contribution in [0.1, 0.15) is 6.42 Å². The molecule has 22 heavy (non-hydrogen) atoms. The second-order valence-electron chi connectivity index (χ2n) is 4.99. The highest BCUT2D eigenvalue weighted by Crippen LogP contribution is 2.24. The maximum Gasteiger partial charge on any atom is 0.246 e. The van der Waals surface area contributed by atoms with Gasteiger partial charge in [-0.1, -0.05) is 11.6 Å². The summed E-state index contributed by atoms with van der Waals surface area (Å²) in [4.78, 5) is -0.493. The topological polar surface area (TPSA) is 74.8 Å². The van der Waals surface area contributed by atoms with Crippen LogP contribution >= 0.6 is 11.6 Å². The lowest BCUT2D eigenvalue weighted by molar-refractivity contribution is 0.404. The summed E-state index contributed by atoms with van der Waals surface area (Å²) in [5.41, 5.74) is 0. The third-order valence-electron chi connectivity index (χ3n) is 3.39. The van der Waals surface area contributed by atoms with Gasteiger partial charge in [-0.2, -0.15) is 4.31 Å². The molecule has 0 radical (unpaired) electrons. The molecule has 1 saturated heterocycles. The van der Waals surface area contributed by atoms with Gasteiger partial charge in [-0.3, -0.25) is 0 Å². The van der Waals surface area contributed by atoms with Gasteiger partial charge in [0, 0.05) is 31.2 Å². The molecule has 1 heterocycles. The molecule has 6 nitrogen and oxygen atoms in total. The molecule has 0 N–H and O–H groups in total. The Morgan fingerprint density at radius 2 is 1.64 bits per heavy atom. The molecule has 1 fully saturated rings. The Balaban J connectivity index is 2.29. The lowest BCUT2D eigenvalue weighted by atomic mass is 10.3. The standard InChI is InChI=1S/C12H16ClFN2O4S2/c1-21(17,18)15-5-2-6-16(8-7-15)22(19,20)12-9-10(13)3-4-11(12)14/h3-4,9H,2,5-8H2,1H3. The van der Waals surface area contributed by atoms with Crippen LogP contribution in [0.4, 0.5) is 4.39 Å². The average Bonchev–Trinajstić information content (AvgIpc) is 2.67. The molecular formula is C12H16ClFN2O4S2. The minimum absolute atomic E-state index is 0.0264. The van der Waals surface area contributed by atoms with Gasteiger partial charge in [0.2, 0.25) is 20.0 Å². The normalized spacial score (nSPS) is 19.0. The molecule has 0 unspecified atom stereocenters. The molecule has 0 bridgehead atoms. The van der Waals surface area contributed by atoms with E-state index in [1.54, 1.807) is 0 Å². The van der Waals surface area contributed by atoms with Crippen molar-refractivity contribution in [3.8, 4) is 0 Å².